The van der Waals surface area contributed by atoms with Gasteiger partial charge in [0.15, 0.2) is 5.82 Å². The smallest absolute Gasteiger partial charge is 0.319 e. The zero-order valence-corrected chi connectivity index (χ0v) is 26.3. The van der Waals surface area contributed by atoms with E-state index >= 15 is 8.78 Å². The third kappa shape index (κ3) is 5.31. The molecule has 3 fully saturated rings. The van der Waals surface area contributed by atoms with Crippen LogP contribution in [0.2, 0.25) is 0 Å². The number of aryl methyl sites for hydroxylation is 1. The highest BCUT2D eigenvalue weighted by atomic mass is 19.1. The molecule has 7 nitrogen and oxygen atoms in total. The highest BCUT2D eigenvalue weighted by Crippen LogP contribution is 2.43. The molecule has 0 spiro atoms. The van der Waals surface area contributed by atoms with Crippen molar-refractivity contribution in [3.05, 3.63) is 53.3 Å². The number of hydrogen-bond donors (Lipinski definition) is 2. The van der Waals surface area contributed by atoms with Crippen molar-refractivity contribution in [2.45, 2.75) is 51.6 Å². The topological polar surface area (TPSA) is 73.8 Å². The molecule has 1 aromatic heterocycles. The van der Waals surface area contributed by atoms with E-state index in [1.165, 1.54) is 30.3 Å². The first-order valence-corrected chi connectivity index (χ1v) is 16.1. The molecule has 3 aromatic carbocycles. The first kappa shape index (κ1) is 30.9. The van der Waals surface area contributed by atoms with Crippen molar-refractivity contribution in [3.63, 3.8) is 0 Å². The number of piperidine rings is 1. The zero-order valence-electron chi connectivity index (χ0n) is 26.3. The Bertz CT molecular complexity index is 1810. The number of piperazine rings is 1. The van der Waals surface area contributed by atoms with Crippen LogP contribution in [-0.2, 0) is 6.42 Å². The first-order valence-electron chi connectivity index (χ1n) is 16.1. The molecule has 0 aliphatic carbocycles. The standard InChI is InChI=1S/C35H39F4N5O2/c1-4-24-27(37)8-5-19-11-23(45)12-25(29(19)24)30-28(38)13-26-32(31(30)39)41-34(42-33(26)44-15-21-6-7-22(16-44)40-21)46-18-35(2)17-43(3)10-9-20(35)14-36/h5,8,11-13,20-22,40,45H,4,6-7,9-10,14-18H2,1-3H3/t20-,21-,22+,35+/m1/s1. The zero-order chi connectivity index (χ0) is 32.3. The molecule has 4 heterocycles. The number of phenols is 1. The first-order chi connectivity index (χ1) is 22.1. The maximum atomic E-state index is 16.9. The van der Waals surface area contributed by atoms with E-state index in [9.17, 15) is 13.9 Å². The van der Waals surface area contributed by atoms with Crippen LogP contribution in [-0.4, -0.2) is 78.6 Å². The summed E-state index contributed by atoms with van der Waals surface area (Å²) < 4.78 is 68.4. The van der Waals surface area contributed by atoms with E-state index in [1.807, 2.05) is 18.9 Å². The van der Waals surface area contributed by atoms with Gasteiger partial charge in [-0.3, -0.25) is 4.39 Å². The third-order valence-electron chi connectivity index (χ3n) is 10.3. The molecule has 4 aromatic rings. The number of benzene rings is 3. The largest absolute Gasteiger partial charge is 0.508 e. The SMILES string of the molecule is CCc1c(F)ccc2cc(O)cc(-c3c(F)cc4c(N5C[C@H]6CC[C@@H](C5)N6)nc(OC[C@]5(C)CN(C)CC[C@@H]5CF)nc4c3F)c12. The van der Waals surface area contributed by atoms with Gasteiger partial charge in [0.05, 0.1) is 18.8 Å². The molecule has 244 valence electrons. The highest BCUT2D eigenvalue weighted by molar-refractivity contribution is 6.03. The summed E-state index contributed by atoms with van der Waals surface area (Å²) in [5.74, 6) is -2.36. The fraction of sp³-hybridized carbons (Fsp3) is 0.486. The number of anilines is 1. The fourth-order valence-corrected chi connectivity index (χ4v) is 7.93. The highest BCUT2D eigenvalue weighted by Gasteiger charge is 2.40. The predicted molar refractivity (Wildman–Crippen MR) is 171 cm³/mol. The van der Waals surface area contributed by atoms with Gasteiger partial charge in [-0.2, -0.15) is 9.97 Å². The van der Waals surface area contributed by atoms with Crippen molar-refractivity contribution < 1.29 is 27.4 Å². The fourth-order valence-electron chi connectivity index (χ4n) is 7.93. The summed E-state index contributed by atoms with van der Waals surface area (Å²) in [6.07, 6.45) is 2.96. The van der Waals surface area contributed by atoms with E-state index in [4.69, 9.17) is 9.72 Å². The van der Waals surface area contributed by atoms with Crippen LogP contribution in [0.15, 0.2) is 30.3 Å². The molecule has 0 radical (unpaired) electrons. The summed E-state index contributed by atoms with van der Waals surface area (Å²) in [5, 5.41) is 15.1. The van der Waals surface area contributed by atoms with Crippen LogP contribution in [0.25, 0.3) is 32.8 Å². The average molecular weight is 638 g/mol. The summed E-state index contributed by atoms with van der Waals surface area (Å²) >= 11 is 0. The predicted octanol–water partition coefficient (Wildman–Crippen LogP) is 6.38. The van der Waals surface area contributed by atoms with Gasteiger partial charge in [-0.25, -0.2) is 13.2 Å². The molecule has 3 saturated heterocycles. The van der Waals surface area contributed by atoms with Crippen molar-refractivity contribution in [1.82, 2.24) is 20.2 Å². The molecule has 11 heteroatoms. The van der Waals surface area contributed by atoms with Gasteiger partial charge in [0.25, 0.3) is 0 Å². The number of alkyl halides is 1. The van der Waals surface area contributed by atoms with Crippen molar-refractivity contribution in [2.24, 2.45) is 11.3 Å². The number of rotatable bonds is 7. The number of halogens is 4. The van der Waals surface area contributed by atoms with Crippen LogP contribution in [0.4, 0.5) is 23.4 Å². The second-order valence-corrected chi connectivity index (χ2v) is 13.6. The Hall–Kier alpha value is -3.70. The lowest BCUT2D eigenvalue weighted by Crippen LogP contribution is -2.51. The lowest BCUT2D eigenvalue weighted by atomic mass is 9.73. The number of likely N-dealkylation sites (tertiary alicyclic amines) is 1. The summed E-state index contributed by atoms with van der Waals surface area (Å²) in [4.78, 5) is 13.4. The summed E-state index contributed by atoms with van der Waals surface area (Å²) in [5.41, 5.74) is -0.746. The molecule has 0 unspecified atom stereocenters. The number of nitrogens with one attached hydrogen (secondary N) is 1. The van der Waals surface area contributed by atoms with Crippen molar-refractivity contribution in [1.29, 1.82) is 0 Å². The van der Waals surface area contributed by atoms with Crippen molar-refractivity contribution >= 4 is 27.5 Å². The quantitative estimate of drug-likeness (QED) is 0.228. The van der Waals surface area contributed by atoms with E-state index in [1.54, 1.807) is 6.92 Å². The van der Waals surface area contributed by atoms with Gasteiger partial charge < -0.3 is 25.0 Å². The van der Waals surface area contributed by atoms with Gasteiger partial charge in [0.2, 0.25) is 0 Å². The number of nitrogens with zero attached hydrogens (tertiary/aromatic N) is 4. The van der Waals surface area contributed by atoms with E-state index < -0.39 is 35.1 Å². The van der Waals surface area contributed by atoms with Crippen molar-refractivity contribution in [3.8, 4) is 22.9 Å². The molecule has 4 atom stereocenters. The molecule has 46 heavy (non-hydrogen) atoms. The maximum Gasteiger partial charge on any atom is 0.319 e. The Labute approximate surface area is 265 Å². The second-order valence-electron chi connectivity index (χ2n) is 13.6. The minimum Gasteiger partial charge on any atom is -0.508 e. The van der Waals surface area contributed by atoms with E-state index in [-0.39, 0.29) is 59.3 Å². The molecule has 0 amide bonds. The lowest BCUT2D eigenvalue weighted by Gasteiger charge is -2.43. The van der Waals surface area contributed by atoms with Crippen LogP contribution in [0.1, 0.15) is 38.7 Å². The molecular formula is C35H39F4N5O2. The second kappa shape index (κ2) is 11.8. The Morgan fingerprint density at radius 1 is 1.04 bits per heavy atom. The minimum absolute atomic E-state index is 0.0367. The third-order valence-corrected chi connectivity index (χ3v) is 10.3. The Kier molecular flexibility index (Phi) is 7.95. The van der Waals surface area contributed by atoms with Crippen molar-refractivity contribution in [2.75, 3.05) is 51.4 Å². The molecule has 7 rings (SSSR count). The van der Waals surface area contributed by atoms with Crippen LogP contribution < -0.4 is 15.0 Å². The Morgan fingerprint density at radius 3 is 2.52 bits per heavy atom. The molecular weight excluding hydrogens is 598 g/mol. The van der Waals surface area contributed by atoms with Gasteiger partial charge in [-0.1, -0.05) is 19.9 Å². The summed E-state index contributed by atoms with van der Waals surface area (Å²) in [6, 6.07) is 7.11. The lowest BCUT2D eigenvalue weighted by molar-refractivity contribution is 0.000322. The normalized spacial score (nSPS) is 25.1. The van der Waals surface area contributed by atoms with Crippen LogP contribution in [0.5, 0.6) is 11.8 Å². The molecule has 2 bridgehead atoms. The molecule has 2 N–H and O–H groups in total. The van der Waals surface area contributed by atoms with Crippen LogP contribution in [0.3, 0.4) is 0 Å². The number of hydrogen-bond acceptors (Lipinski definition) is 7. The van der Waals surface area contributed by atoms with E-state index in [0.717, 1.165) is 19.4 Å². The molecule has 3 aliphatic rings. The van der Waals surface area contributed by atoms with Gasteiger partial charge >= 0.3 is 6.01 Å². The monoisotopic (exact) mass is 637 g/mol. The van der Waals surface area contributed by atoms with Gasteiger partial charge in [0, 0.05) is 42.5 Å². The van der Waals surface area contributed by atoms with Gasteiger partial charge in [0.1, 0.15) is 28.7 Å². The number of phenolic OH excluding ortho intramolecular Hbond substituents is 1. The van der Waals surface area contributed by atoms with Gasteiger partial charge in [-0.15, -0.1) is 0 Å². The number of ether oxygens (including phenoxy) is 1. The van der Waals surface area contributed by atoms with E-state index in [0.29, 0.717) is 48.2 Å². The number of fused-ring (bicyclic) bond motifs is 4. The minimum atomic E-state index is -0.954. The summed E-state index contributed by atoms with van der Waals surface area (Å²) in [6.45, 7) is 6.02. The molecule has 3 aliphatic heterocycles. The van der Waals surface area contributed by atoms with Crippen LogP contribution in [0, 0.1) is 28.8 Å². The summed E-state index contributed by atoms with van der Waals surface area (Å²) in [7, 11) is 1.99. The maximum absolute atomic E-state index is 16.9. The van der Waals surface area contributed by atoms with Gasteiger partial charge in [-0.05, 0) is 91.4 Å². The van der Waals surface area contributed by atoms with E-state index in [2.05, 4.69) is 15.2 Å². The molecule has 0 saturated carbocycles. The number of aromatic nitrogens is 2. The Balaban J connectivity index is 1.40. The Morgan fingerprint density at radius 2 is 1.80 bits per heavy atom. The average Bonchev–Trinajstić information content (AvgIpc) is 3.37. The van der Waals surface area contributed by atoms with Crippen LogP contribution >= 0.6 is 0 Å². The number of aromatic hydroxyl groups is 1.